The van der Waals surface area contributed by atoms with Crippen LogP contribution < -0.4 is 11.1 Å². The highest BCUT2D eigenvalue weighted by Gasteiger charge is 2.54. The summed E-state index contributed by atoms with van der Waals surface area (Å²) in [6.45, 7) is 0. The van der Waals surface area contributed by atoms with E-state index in [9.17, 15) is 24.3 Å². The van der Waals surface area contributed by atoms with Crippen LogP contribution in [0.5, 0.6) is 0 Å². The van der Waals surface area contributed by atoms with Crippen molar-refractivity contribution in [2.75, 3.05) is 24.3 Å². The molecule has 1 fully saturated rings. The Morgan fingerprint density at radius 3 is 2.94 bits per heavy atom. The molecule has 0 radical (unpaired) electrons. The molecule has 4 rings (SSSR count). The average Bonchev–Trinajstić information content (AvgIpc) is 3.52. The number of nitrogens with zero attached hydrogens (tertiary/aromatic N) is 3. The van der Waals surface area contributed by atoms with Gasteiger partial charge in [0, 0.05) is 16.9 Å². The van der Waals surface area contributed by atoms with Crippen molar-refractivity contribution in [2.24, 2.45) is 5.16 Å². The summed E-state index contributed by atoms with van der Waals surface area (Å²) in [4.78, 5) is 59.4. The van der Waals surface area contributed by atoms with Crippen molar-refractivity contribution in [3.8, 4) is 0 Å². The zero-order valence-corrected chi connectivity index (χ0v) is 20.6. The third-order valence-corrected chi connectivity index (χ3v) is 7.72. The van der Waals surface area contributed by atoms with Gasteiger partial charge in [-0.3, -0.25) is 19.3 Å². The number of carbonyl (C=O) groups is 4. The van der Waals surface area contributed by atoms with E-state index < -0.39 is 41.9 Å². The van der Waals surface area contributed by atoms with Crippen LogP contribution >= 0.6 is 47.3 Å². The summed E-state index contributed by atoms with van der Waals surface area (Å²) >= 11 is 3.02. The van der Waals surface area contributed by atoms with Crippen LogP contribution in [0.4, 0.5) is 5.13 Å². The Bertz CT molecular complexity index is 1320. The SMILES string of the molecule is Cl.[2H]C([2H])([2H])O/N=C(\C(=O)N[C@H]1C(=O)N2C(C(=O)O)=C(CSC(=O)c3ccco3)CS[C@@H]12)c1csc(N)n1. The summed E-state index contributed by atoms with van der Waals surface area (Å²) < 4.78 is 26.4. The van der Waals surface area contributed by atoms with Gasteiger partial charge in [0.25, 0.3) is 16.9 Å². The molecule has 2 aromatic heterocycles. The molecular formula is C19H18ClN5O7S3. The highest BCUT2D eigenvalue weighted by atomic mass is 35.5. The fourth-order valence-electron chi connectivity index (χ4n) is 3.27. The smallest absolute Gasteiger partial charge is 0.352 e. The van der Waals surface area contributed by atoms with Gasteiger partial charge in [-0.15, -0.1) is 35.5 Å². The zero-order valence-electron chi connectivity index (χ0n) is 20.3. The number of carbonyl (C=O) groups excluding carboxylic acids is 3. The van der Waals surface area contributed by atoms with Crippen molar-refractivity contribution in [1.29, 1.82) is 0 Å². The number of hydrogen-bond acceptors (Lipinski definition) is 12. The first-order valence-electron chi connectivity index (χ1n) is 10.9. The van der Waals surface area contributed by atoms with E-state index in [2.05, 4.69) is 20.3 Å². The second-order valence-electron chi connectivity index (χ2n) is 6.77. The molecule has 2 aliphatic rings. The van der Waals surface area contributed by atoms with Gasteiger partial charge in [0.2, 0.25) is 0 Å². The van der Waals surface area contributed by atoms with Gasteiger partial charge in [-0.2, -0.15) is 0 Å². The first-order valence-corrected chi connectivity index (χ1v) is 12.3. The molecule has 1 saturated heterocycles. The highest BCUT2D eigenvalue weighted by Crippen LogP contribution is 2.41. The van der Waals surface area contributed by atoms with Gasteiger partial charge in [0.05, 0.1) is 10.4 Å². The maximum atomic E-state index is 12.9. The minimum atomic E-state index is -2.94. The van der Waals surface area contributed by atoms with E-state index in [-0.39, 0.29) is 51.3 Å². The number of aliphatic carboxylic acids is 1. The second kappa shape index (κ2) is 11.2. The van der Waals surface area contributed by atoms with Crippen LogP contribution in [0.3, 0.4) is 0 Å². The van der Waals surface area contributed by atoms with Crippen LogP contribution in [0.25, 0.3) is 0 Å². The quantitative estimate of drug-likeness (QED) is 0.240. The lowest BCUT2D eigenvalue weighted by Crippen LogP contribution is -2.71. The lowest BCUT2D eigenvalue weighted by Gasteiger charge is -2.49. The number of carboxylic acids is 1. The molecule has 4 heterocycles. The summed E-state index contributed by atoms with van der Waals surface area (Å²) in [7, 11) is -2.94. The molecule has 0 bridgehead atoms. The molecule has 12 nitrogen and oxygen atoms in total. The van der Waals surface area contributed by atoms with Gasteiger partial charge in [-0.1, -0.05) is 16.9 Å². The van der Waals surface area contributed by atoms with Crippen molar-refractivity contribution in [2.45, 2.75) is 11.4 Å². The molecule has 2 aromatic rings. The van der Waals surface area contributed by atoms with Crippen molar-refractivity contribution in [1.82, 2.24) is 15.2 Å². The predicted molar refractivity (Wildman–Crippen MR) is 133 cm³/mol. The Kier molecular flexibility index (Phi) is 7.16. The van der Waals surface area contributed by atoms with Crippen LogP contribution in [-0.4, -0.2) is 73.6 Å². The zero-order chi connectivity index (χ0) is 26.9. The molecule has 16 heteroatoms. The van der Waals surface area contributed by atoms with Crippen molar-refractivity contribution >= 4 is 81.0 Å². The van der Waals surface area contributed by atoms with Crippen molar-refractivity contribution < 1.29 is 37.7 Å². The third-order valence-electron chi connectivity index (χ3n) is 4.75. The number of amides is 2. The lowest BCUT2D eigenvalue weighted by atomic mass is 10.0. The molecule has 35 heavy (non-hydrogen) atoms. The van der Waals surface area contributed by atoms with Crippen LogP contribution in [0.1, 0.15) is 20.4 Å². The molecule has 0 saturated carbocycles. The van der Waals surface area contributed by atoms with Crippen molar-refractivity contribution in [3.63, 3.8) is 0 Å². The number of anilines is 1. The van der Waals surface area contributed by atoms with E-state index in [1.165, 1.54) is 29.5 Å². The first kappa shape index (κ1) is 22.5. The van der Waals surface area contributed by atoms with Crippen LogP contribution in [-0.2, 0) is 19.2 Å². The molecule has 0 spiro atoms. The molecule has 0 aromatic carbocycles. The maximum absolute atomic E-state index is 12.9. The van der Waals surface area contributed by atoms with Gasteiger partial charge < -0.3 is 25.4 Å². The molecule has 2 amide bonds. The lowest BCUT2D eigenvalue weighted by molar-refractivity contribution is -0.150. The Morgan fingerprint density at radius 1 is 1.51 bits per heavy atom. The monoisotopic (exact) mass is 562 g/mol. The van der Waals surface area contributed by atoms with E-state index in [0.717, 1.165) is 28.0 Å². The topological polar surface area (TPSA) is 177 Å². The minimum Gasteiger partial charge on any atom is -0.477 e. The molecule has 0 aliphatic carbocycles. The third kappa shape index (κ3) is 5.32. The summed E-state index contributed by atoms with van der Waals surface area (Å²) in [6, 6.07) is 1.92. The normalized spacial score (nSPS) is 21.0. The highest BCUT2D eigenvalue weighted by molar-refractivity contribution is 8.14. The van der Waals surface area contributed by atoms with E-state index in [0.29, 0.717) is 5.57 Å². The number of furan rings is 1. The predicted octanol–water partition coefficient (Wildman–Crippen LogP) is 1.40. The Balaban J connectivity index is 0.00000400. The molecule has 0 unspecified atom stereocenters. The van der Waals surface area contributed by atoms with Gasteiger partial charge in [0.1, 0.15) is 29.8 Å². The summed E-state index contributed by atoms with van der Waals surface area (Å²) in [5.41, 5.74) is 5.12. The molecule has 2 aliphatic heterocycles. The Labute approximate surface area is 220 Å². The van der Waals surface area contributed by atoms with Crippen LogP contribution in [0, 0.1) is 0 Å². The maximum Gasteiger partial charge on any atom is 0.352 e. The number of thioether (sulfide) groups is 2. The number of oxime groups is 1. The number of β-lactam (4-membered cyclic amide) rings is 1. The number of thiazole rings is 1. The van der Waals surface area contributed by atoms with Gasteiger partial charge in [0.15, 0.2) is 16.6 Å². The number of carboxylic acid groups (broad SMARTS) is 1. The summed E-state index contributed by atoms with van der Waals surface area (Å²) in [6.07, 6.45) is 1.35. The van der Waals surface area contributed by atoms with E-state index in [1.807, 2.05) is 0 Å². The number of nitrogens with two attached hydrogens (primary N) is 1. The number of fused-ring (bicyclic) bond motifs is 1. The van der Waals surface area contributed by atoms with E-state index >= 15 is 0 Å². The van der Waals surface area contributed by atoms with Crippen molar-refractivity contribution in [3.05, 3.63) is 46.5 Å². The van der Waals surface area contributed by atoms with E-state index in [1.54, 1.807) is 6.07 Å². The molecule has 2 atom stereocenters. The first-order chi connectivity index (χ1) is 17.5. The van der Waals surface area contributed by atoms with Gasteiger partial charge in [-0.05, 0) is 17.7 Å². The number of nitrogen functional groups attached to an aromatic ring is 1. The molecule has 4 N–H and O–H groups in total. The largest absolute Gasteiger partial charge is 0.477 e. The number of rotatable bonds is 8. The molecular weight excluding hydrogens is 542 g/mol. The minimum absolute atomic E-state index is 0. The number of aromatic nitrogens is 1. The number of nitrogens with one attached hydrogen (secondary N) is 1. The number of halogens is 1. The fraction of sp³-hybridized carbons (Fsp3) is 0.263. The Hall–Kier alpha value is -3.01. The summed E-state index contributed by atoms with van der Waals surface area (Å²) in [5.74, 6) is -2.68. The van der Waals surface area contributed by atoms with E-state index in [4.69, 9.17) is 14.3 Å². The van der Waals surface area contributed by atoms with Gasteiger partial charge >= 0.3 is 5.97 Å². The Morgan fingerprint density at radius 2 is 2.31 bits per heavy atom. The van der Waals surface area contributed by atoms with Crippen LogP contribution in [0.15, 0.2) is 44.6 Å². The average molecular weight is 563 g/mol. The molecule has 186 valence electrons. The van der Waals surface area contributed by atoms with Gasteiger partial charge in [-0.25, -0.2) is 9.78 Å². The summed E-state index contributed by atoms with van der Waals surface area (Å²) in [5, 5.41) is 15.9. The number of hydrogen-bond donors (Lipinski definition) is 3. The standard InChI is InChI=1S/C19H17N5O7S3.ClH/c1-30-23-11(9-7-34-19(20)21-9)14(25)22-12-15(26)24-13(17(27)28)8(5-32-16(12)24)6-33-18(29)10-3-2-4-31-10;/h2-4,7,12,16H,5-6H2,1H3,(H2,20,21)(H,22,25)(H,27,28);1H/b23-11-;/t12-,16-;/m0./s1/i1D3;. The second-order valence-corrected chi connectivity index (χ2v) is 9.72. The van der Waals surface area contributed by atoms with Crippen LogP contribution in [0.2, 0.25) is 0 Å². The fourth-order valence-corrected chi connectivity index (χ4v) is 6.09.